The van der Waals surface area contributed by atoms with Gasteiger partial charge in [-0.1, -0.05) is 24.9 Å². The summed E-state index contributed by atoms with van der Waals surface area (Å²) in [6.45, 7) is 4.50. The van der Waals surface area contributed by atoms with Crippen LogP contribution in [-0.4, -0.2) is 19.8 Å². The van der Waals surface area contributed by atoms with E-state index in [9.17, 15) is 0 Å². The van der Waals surface area contributed by atoms with Gasteiger partial charge in [0.2, 0.25) is 0 Å². The molecule has 0 aromatic heterocycles. The summed E-state index contributed by atoms with van der Waals surface area (Å²) >= 11 is 5.88. The fraction of sp³-hybridized carbons (Fsp3) is 0.538. The van der Waals surface area contributed by atoms with Crippen molar-refractivity contribution in [3.63, 3.8) is 0 Å². The van der Waals surface area contributed by atoms with Crippen molar-refractivity contribution >= 4 is 11.6 Å². The molecule has 0 bridgehead atoms. The topological polar surface area (TPSA) is 44.5 Å². The molecule has 96 valence electrons. The van der Waals surface area contributed by atoms with Crippen LogP contribution in [-0.2, 0) is 11.3 Å². The van der Waals surface area contributed by atoms with E-state index in [1.54, 1.807) is 6.07 Å². The summed E-state index contributed by atoms with van der Waals surface area (Å²) in [4.78, 5) is 0. The van der Waals surface area contributed by atoms with Crippen LogP contribution < -0.4 is 10.5 Å². The lowest BCUT2D eigenvalue weighted by atomic mass is 10.2. The largest absolute Gasteiger partial charge is 0.491 e. The standard InChI is InChI=1S/C13H20ClNO2/c1-2-3-6-16-7-8-17-13-5-4-12(14)9-11(13)10-15/h4-5,9H,2-3,6-8,10,15H2,1H3. The van der Waals surface area contributed by atoms with Crippen LogP contribution in [0.4, 0.5) is 0 Å². The van der Waals surface area contributed by atoms with Crippen molar-refractivity contribution in [2.24, 2.45) is 5.73 Å². The highest BCUT2D eigenvalue weighted by atomic mass is 35.5. The van der Waals surface area contributed by atoms with Crippen LogP contribution in [0, 0.1) is 0 Å². The maximum absolute atomic E-state index is 5.88. The Bertz CT molecular complexity index is 331. The molecule has 0 heterocycles. The van der Waals surface area contributed by atoms with E-state index in [-0.39, 0.29) is 0 Å². The molecular formula is C13H20ClNO2. The van der Waals surface area contributed by atoms with E-state index in [0.717, 1.165) is 30.8 Å². The lowest BCUT2D eigenvalue weighted by Gasteiger charge is -2.10. The Kier molecular flexibility index (Phi) is 7.01. The Hall–Kier alpha value is -0.770. The van der Waals surface area contributed by atoms with Crippen LogP contribution in [0.3, 0.4) is 0 Å². The van der Waals surface area contributed by atoms with Gasteiger partial charge in [-0.25, -0.2) is 0 Å². The van der Waals surface area contributed by atoms with Crippen molar-refractivity contribution in [1.82, 2.24) is 0 Å². The highest BCUT2D eigenvalue weighted by molar-refractivity contribution is 6.30. The number of unbranched alkanes of at least 4 members (excludes halogenated alkanes) is 1. The van der Waals surface area contributed by atoms with E-state index in [0.29, 0.717) is 24.8 Å². The average Bonchev–Trinajstić information content (AvgIpc) is 2.35. The molecule has 0 atom stereocenters. The summed E-state index contributed by atoms with van der Waals surface area (Å²) in [5.41, 5.74) is 6.54. The second kappa shape index (κ2) is 8.34. The second-order valence-corrected chi connectivity index (χ2v) is 4.21. The summed E-state index contributed by atoms with van der Waals surface area (Å²) in [7, 11) is 0. The summed E-state index contributed by atoms with van der Waals surface area (Å²) in [6.07, 6.45) is 2.24. The molecule has 4 heteroatoms. The average molecular weight is 258 g/mol. The summed E-state index contributed by atoms with van der Waals surface area (Å²) in [5, 5.41) is 0.678. The summed E-state index contributed by atoms with van der Waals surface area (Å²) in [5.74, 6) is 0.788. The lowest BCUT2D eigenvalue weighted by molar-refractivity contribution is 0.0977. The van der Waals surface area contributed by atoms with E-state index < -0.39 is 0 Å². The zero-order valence-electron chi connectivity index (χ0n) is 10.2. The quantitative estimate of drug-likeness (QED) is 0.728. The van der Waals surface area contributed by atoms with Gasteiger partial charge in [-0.05, 0) is 24.6 Å². The number of benzene rings is 1. The first kappa shape index (κ1) is 14.3. The molecule has 0 spiro atoms. The third-order valence-electron chi connectivity index (χ3n) is 2.37. The molecule has 0 saturated carbocycles. The minimum atomic E-state index is 0.423. The third-order valence-corrected chi connectivity index (χ3v) is 2.61. The number of hydrogen-bond acceptors (Lipinski definition) is 3. The molecular weight excluding hydrogens is 238 g/mol. The van der Waals surface area contributed by atoms with Crippen LogP contribution in [0.15, 0.2) is 18.2 Å². The molecule has 1 aromatic rings. The van der Waals surface area contributed by atoms with Crippen molar-refractivity contribution in [2.45, 2.75) is 26.3 Å². The van der Waals surface area contributed by atoms with Crippen LogP contribution >= 0.6 is 11.6 Å². The molecule has 1 rings (SSSR count). The van der Waals surface area contributed by atoms with Crippen LogP contribution in [0.2, 0.25) is 5.02 Å². The zero-order chi connectivity index (χ0) is 12.5. The monoisotopic (exact) mass is 257 g/mol. The third kappa shape index (κ3) is 5.39. The predicted molar refractivity (Wildman–Crippen MR) is 70.6 cm³/mol. The van der Waals surface area contributed by atoms with Crippen LogP contribution in [0.25, 0.3) is 0 Å². The maximum atomic E-state index is 5.88. The number of hydrogen-bond donors (Lipinski definition) is 1. The highest BCUT2D eigenvalue weighted by Gasteiger charge is 2.02. The first-order valence-corrected chi connectivity index (χ1v) is 6.34. The first-order valence-electron chi connectivity index (χ1n) is 5.97. The van der Waals surface area contributed by atoms with Gasteiger partial charge < -0.3 is 15.2 Å². The fourth-order valence-corrected chi connectivity index (χ4v) is 1.60. The number of nitrogens with two attached hydrogens (primary N) is 1. The van der Waals surface area contributed by atoms with Crippen molar-refractivity contribution in [3.8, 4) is 5.75 Å². The van der Waals surface area contributed by atoms with Crippen molar-refractivity contribution < 1.29 is 9.47 Å². The van der Waals surface area contributed by atoms with Gasteiger partial charge in [0.05, 0.1) is 6.61 Å². The van der Waals surface area contributed by atoms with Gasteiger partial charge in [0.1, 0.15) is 12.4 Å². The highest BCUT2D eigenvalue weighted by Crippen LogP contribution is 2.22. The molecule has 17 heavy (non-hydrogen) atoms. The lowest BCUT2D eigenvalue weighted by Crippen LogP contribution is -2.09. The zero-order valence-corrected chi connectivity index (χ0v) is 11.0. The van der Waals surface area contributed by atoms with Gasteiger partial charge in [-0.2, -0.15) is 0 Å². The molecule has 0 aliphatic heterocycles. The molecule has 0 radical (unpaired) electrons. The first-order chi connectivity index (χ1) is 8.27. The van der Waals surface area contributed by atoms with Gasteiger partial charge in [-0.15, -0.1) is 0 Å². The van der Waals surface area contributed by atoms with Gasteiger partial charge in [0, 0.05) is 23.7 Å². The Balaban J connectivity index is 2.31. The van der Waals surface area contributed by atoms with Crippen molar-refractivity contribution in [1.29, 1.82) is 0 Å². The molecule has 0 amide bonds. The van der Waals surface area contributed by atoms with Gasteiger partial charge in [0.25, 0.3) is 0 Å². The molecule has 0 aliphatic carbocycles. The van der Waals surface area contributed by atoms with E-state index in [4.69, 9.17) is 26.8 Å². The molecule has 0 aliphatic rings. The van der Waals surface area contributed by atoms with E-state index in [2.05, 4.69) is 6.92 Å². The Labute approximate surface area is 108 Å². The number of ether oxygens (including phenoxy) is 2. The molecule has 3 nitrogen and oxygen atoms in total. The SMILES string of the molecule is CCCCOCCOc1ccc(Cl)cc1CN. The van der Waals surface area contributed by atoms with E-state index >= 15 is 0 Å². The summed E-state index contributed by atoms with van der Waals surface area (Å²) < 4.78 is 11.0. The molecule has 0 saturated heterocycles. The number of halogens is 1. The van der Waals surface area contributed by atoms with Gasteiger partial charge >= 0.3 is 0 Å². The molecule has 2 N–H and O–H groups in total. The Morgan fingerprint density at radius 1 is 1.24 bits per heavy atom. The molecule has 1 aromatic carbocycles. The minimum absolute atomic E-state index is 0.423. The van der Waals surface area contributed by atoms with Crippen molar-refractivity contribution in [2.75, 3.05) is 19.8 Å². The Morgan fingerprint density at radius 2 is 2.06 bits per heavy atom. The summed E-state index contributed by atoms with van der Waals surface area (Å²) in [6, 6.07) is 5.47. The molecule has 0 unspecified atom stereocenters. The second-order valence-electron chi connectivity index (χ2n) is 3.77. The fourth-order valence-electron chi connectivity index (χ4n) is 1.41. The van der Waals surface area contributed by atoms with Crippen LogP contribution in [0.1, 0.15) is 25.3 Å². The van der Waals surface area contributed by atoms with E-state index in [1.165, 1.54) is 0 Å². The minimum Gasteiger partial charge on any atom is -0.491 e. The maximum Gasteiger partial charge on any atom is 0.124 e. The van der Waals surface area contributed by atoms with Gasteiger partial charge in [-0.3, -0.25) is 0 Å². The Morgan fingerprint density at radius 3 is 2.76 bits per heavy atom. The smallest absolute Gasteiger partial charge is 0.124 e. The van der Waals surface area contributed by atoms with Crippen molar-refractivity contribution in [3.05, 3.63) is 28.8 Å². The normalized spacial score (nSPS) is 10.5. The van der Waals surface area contributed by atoms with Crippen LogP contribution in [0.5, 0.6) is 5.75 Å². The number of rotatable bonds is 8. The molecule has 0 fully saturated rings. The predicted octanol–water partition coefficient (Wildman–Crippen LogP) is 2.99. The van der Waals surface area contributed by atoms with E-state index in [1.807, 2.05) is 12.1 Å². The van der Waals surface area contributed by atoms with Gasteiger partial charge in [0.15, 0.2) is 0 Å².